The Balaban J connectivity index is -0.000000333. The van der Waals surface area contributed by atoms with Crippen molar-refractivity contribution in [3.63, 3.8) is 0 Å². The van der Waals surface area contributed by atoms with E-state index in [0.717, 1.165) is 0 Å². The van der Waals surface area contributed by atoms with E-state index in [1.54, 1.807) is 0 Å². The quantitative estimate of drug-likeness (QED) is 0.593. The number of hydrogen-bond acceptors (Lipinski definition) is 0. The van der Waals surface area contributed by atoms with Crippen LogP contribution in [0, 0.1) is 0 Å². The molecule has 1 rings (SSSR count). The molecule has 0 saturated carbocycles. The first-order valence-corrected chi connectivity index (χ1v) is 5.01. The number of halogens is 3. The summed E-state index contributed by atoms with van der Waals surface area (Å²) < 4.78 is 0.348. The van der Waals surface area contributed by atoms with Crippen molar-refractivity contribution in [2.24, 2.45) is 0 Å². The van der Waals surface area contributed by atoms with Gasteiger partial charge in [-0.05, 0) is 0 Å². The third-order valence-electron chi connectivity index (χ3n) is 2.20. The van der Waals surface area contributed by atoms with E-state index >= 15 is 0 Å². The molecule has 0 aliphatic carbocycles. The van der Waals surface area contributed by atoms with Gasteiger partial charge in [0.1, 0.15) is 0 Å². The van der Waals surface area contributed by atoms with Crippen molar-refractivity contribution in [3.8, 4) is 0 Å². The van der Waals surface area contributed by atoms with Gasteiger partial charge in [0, 0.05) is 0 Å². The summed E-state index contributed by atoms with van der Waals surface area (Å²) in [6.07, 6.45) is 0. The summed E-state index contributed by atoms with van der Waals surface area (Å²) in [7, 11) is 1.47. The molecule has 1 aliphatic heterocycles. The Morgan fingerprint density at radius 1 is 1.08 bits per heavy atom. The average molecular weight is 299 g/mol. The molecular formula is C8H15Cl3PV. The van der Waals surface area contributed by atoms with Crippen molar-refractivity contribution in [1.29, 1.82) is 0 Å². The molecule has 0 amide bonds. The predicted octanol–water partition coefficient (Wildman–Crippen LogP) is 4.00. The fourth-order valence-corrected chi connectivity index (χ4v) is 3.41. The van der Waals surface area contributed by atoms with Gasteiger partial charge in [-0.1, -0.05) is 0 Å². The maximum atomic E-state index is 2.77. The zero-order valence-electron chi connectivity index (χ0n) is 8.12. The third kappa shape index (κ3) is 4.16. The van der Waals surface area contributed by atoms with Gasteiger partial charge in [0.2, 0.25) is 0 Å². The minimum atomic E-state index is 0. The van der Waals surface area contributed by atoms with E-state index < -0.39 is 0 Å². The summed E-state index contributed by atoms with van der Waals surface area (Å²) in [5, 5.41) is 1.53. The summed E-state index contributed by atoms with van der Waals surface area (Å²) in [4.78, 5) is 0. The maximum Gasteiger partial charge on any atom is -0.147 e. The number of rotatable bonds is 0. The molecule has 0 saturated heterocycles. The van der Waals surface area contributed by atoms with E-state index in [1.807, 2.05) is 0 Å². The van der Waals surface area contributed by atoms with Crippen molar-refractivity contribution in [2.75, 3.05) is 0 Å². The van der Waals surface area contributed by atoms with Crippen LogP contribution in [0.4, 0.5) is 0 Å². The molecule has 0 aromatic rings. The topological polar surface area (TPSA) is 0 Å². The molecule has 1 unspecified atom stereocenters. The molecule has 0 aromatic carbocycles. The van der Waals surface area contributed by atoms with Crippen LogP contribution >= 0.6 is 45.4 Å². The van der Waals surface area contributed by atoms with E-state index in [-0.39, 0.29) is 37.2 Å². The van der Waals surface area contributed by atoms with Gasteiger partial charge in [-0.2, -0.15) is 0 Å². The van der Waals surface area contributed by atoms with Crippen LogP contribution in [-0.4, -0.2) is 9.16 Å². The van der Waals surface area contributed by atoms with Gasteiger partial charge in [0.25, 0.3) is 0 Å². The van der Waals surface area contributed by atoms with Crippen LogP contribution in [0.2, 0.25) is 0 Å². The van der Waals surface area contributed by atoms with Crippen molar-refractivity contribution in [1.82, 2.24) is 0 Å². The Morgan fingerprint density at radius 3 is 1.54 bits per heavy atom. The molecule has 0 N–H and O–H groups in total. The van der Waals surface area contributed by atoms with Crippen LogP contribution in [-0.2, 0) is 17.4 Å². The SMILES string of the molecule is CC1=P[C](C)([V])C(C)=C1C.Cl.Cl.Cl. The van der Waals surface area contributed by atoms with Crippen LogP contribution in [0.15, 0.2) is 11.1 Å². The molecule has 13 heavy (non-hydrogen) atoms. The molecule has 1 aliphatic rings. The van der Waals surface area contributed by atoms with Crippen molar-refractivity contribution >= 4 is 50.7 Å². The molecule has 0 fully saturated rings. The molecular weight excluding hydrogens is 284 g/mol. The molecule has 0 spiro atoms. The first kappa shape index (κ1) is 19.9. The second-order valence-electron chi connectivity index (χ2n) is 2.97. The summed E-state index contributed by atoms with van der Waals surface area (Å²) >= 11 is 2.77. The van der Waals surface area contributed by atoms with Crippen LogP contribution in [0.5, 0.6) is 0 Å². The Hall–Kier alpha value is 1.36. The van der Waals surface area contributed by atoms with Crippen LogP contribution in [0.3, 0.4) is 0 Å². The van der Waals surface area contributed by atoms with E-state index in [2.05, 4.69) is 45.1 Å². The first-order valence-electron chi connectivity index (χ1n) is 3.42. The second kappa shape index (κ2) is 6.78. The molecule has 5 heteroatoms. The van der Waals surface area contributed by atoms with E-state index in [4.69, 9.17) is 0 Å². The van der Waals surface area contributed by atoms with Crippen LogP contribution in [0.1, 0.15) is 27.7 Å². The largest absolute Gasteiger partial charge is 0.147 e. The summed E-state index contributed by atoms with van der Waals surface area (Å²) in [6, 6.07) is 0. The van der Waals surface area contributed by atoms with Crippen molar-refractivity contribution in [3.05, 3.63) is 11.1 Å². The monoisotopic (exact) mass is 298 g/mol. The molecule has 1 atom stereocenters. The van der Waals surface area contributed by atoms with Gasteiger partial charge in [-0.15, -0.1) is 37.2 Å². The second-order valence-corrected chi connectivity index (χ2v) is 6.72. The fourth-order valence-electron chi connectivity index (χ4n) is 1.12. The Kier molecular flexibility index (Phi) is 10.4. The molecule has 0 aromatic heterocycles. The molecule has 0 nitrogen and oxygen atoms in total. The smallest absolute Gasteiger partial charge is 0.147 e. The minimum Gasteiger partial charge on any atom is -0.147 e. The summed E-state index contributed by atoms with van der Waals surface area (Å²) in [5.74, 6) is 0. The Labute approximate surface area is 110 Å². The Bertz CT molecular complexity index is 234. The van der Waals surface area contributed by atoms with Gasteiger partial charge in [0.15, 0.2) is 0 Å². The maximum absolute atomic E-state index is 2.77. The third-order valence-corrected chi connectivity index (χ3v) is 4.63. The predicted molar refractivity (Wildman–Crippen MR) is 66.1 cm³/mol. The van der Waals surface area contributed by atoms with Gasteiger partial charge in [0.05, 0.1) is 0 Å². The van der Waals surface area contributed by atoms with Crippen LogP contribution in [0.25, 0.3) is 0 Å². The minimum absolute atomic E-state index is 0. The van der Waals surface area contributed by atoms with Gasteiger partial charge in [-0.25, -0.2) is 0 Å². The van der Waals surface area contributed by atoms with E-state index in [1.165, 1.54) is 24.6 Å². The first-order chi connectivity index (χ1) is 4.45. The zero-order valence-corrected chi connectivity index (χ0v) is 12.9. The summed E-state index contributed by atoms with van der Waals surface area (Å²) in [6.45, 7) is 8.95. The van der Waals surface area contributed by atoms with E-state index in [0.29, 0.717) is 3.87 Å². The van der Waals surface area contributed by atoms with Crippen molar-refractivity contribution in [2.45, 2.75) is 31.6 Å². The fraction of sp³-hybridized carbons (Fsp3) is 0.625. The van der Waals surface area contributed by atoms with Crippen molar-refractivity contribution < 1.29 is 17.4 Å². The van der Waals surface area contributed by atoms with Gasteiger partial charge in [-0.3, -0.25) is 0 Å². The molecule has 0 radical (unpaired) electrons. The zero-order chi connectivity index (χ0) is 7.94. The molecule has 1 heterocycles. The number of hydrogen-bond donors (Lipinski definition) is 0. The van der Waals surface area contributed by atoms with Crippen LogP contribution < -0.4 is 0 Å². The van der Waals surface area contributed by atoms with Gasteiger partial charge < -0.3 is 0 Å². The standard InChI is InChI=1S/C8H12P.3ClH.V/c1-5-6(2)8(4)9-7(5)3;;;;/h1-4H3;3*1H;. The average Bonchev–Trinajstić information content (AvgIpc) is 1.95. The number of allylic oxidation sites excluding steroid dienone is 2. The Morgan fingerprint density at radius 2 is 1.46 bits per heavy atom. The molecule has 0 bridgehead atoms. The normalized spacial score (nSPS) is 26.6. The summed E-state index contributed by atoms with van der Waals surface area (Å²) in [5.41, 5.74) is 3.04. The van der Waals surface area contributed by atoms with E-state index in [9.17, 15) is 0 Å². The van der Waals surface area contributed by atoms with Gasteiger partial charge >= 0.3 is 73.6 Å². The molecule has 78 valence electrons.